The lowest BCUT2D eigenvalue weighted by atomic mass is 9.85. The number of hydrogen-bond acceptors (Lipinski definition) is 12. The van der Waals surface area contributed by atoms with E-state index in [1.165, 1.54) is 96.3 Å². The van der Waals surface area contributed by atoms with E-state index in [1.807, 2.05) is 0 Å². The Bertz CT molecular complexity index is 1170. The van der Waals surface area contributed by atoms with Gasteiger partial charge in [-0.15, -0.1) is 0 Å². The molecule has 0 spiro atoms. The van der Waals surface area contributed by atoms with Crippen molar-refractivity contribution in [2.45, 2.75) is 249 Å². The van der Waals surface area contributed by atoms with Crippen LogP contribution in [0.25, 0.3) is 0 Å². The molecule has 61 heavy (non-hydrogen) atoms. The molecule has 13 nitrogen and oxygen atoms in total. The van der Waals surface area contributed by atoms with E-state index in [0.29, 0.717) is 12.8 Å². The largest absolute Gasteiger partial charge is 0.472 e. The van der Waals surface area contributed by atoms with Crippen molar-refractivity contribution in [1.82, 2.24) is 0 Å². The van der Waals surface area contributed by atoms with Gasteiger partial charge in [-0.05, 0) is 57.8 Å². The molecule has 0 heterocycles. The van der Waals surface area contributed by atoms with Crippen LogP contribution >= 0.6 is 7.82 Å². The van der Waals surface area contributed by atoms with Crippen molar-refractivity contribution in [2.75, 3.05) is 13.2 Å². The molecule has 14 heteroatoms. The minimum atomic E-state index is -5.12. The zero-order chi connectivity index (χ0) is 45.0. The topological polar surface area (TPSA) is 210 Å². The van der Waals surface area contributed by atoms with E-state index in [2.05, 4.69) is 38.2 Å². The van der Waals surface area contributed by atoms with Gasteiger partial charge in [0.25, 0.3) is 0 Å². The second-order valence-corrected chi connectivity index (χ2v) is 18.4. The van der Waals surface area contributed by atoms with E-state index in [4.69, 9.17) is 18.5 Å². The van der Waals surface area contributed by atoms with E-state index in [9.17, 15) is 44.6 Å². The first-order valence-corrected chi connectivity index (χ1v) is 25.6. The molecule has 0 aromatic rings. The van der Waals surface area contributed by atoms with E-state index < -0.39 is 75.7 Å². The Morgan fingerprint density at radius 3 is 1.30 bits per heavy atom. The summed E-state index contributed by atoms with van der Waals surface area (Å²) in [6.07, 6.45) is 28.1. The highest BCUT2D eigenvalue weighted by atomic mass is 31.2. The number of phosphoric acid groups is 1. The van der Waals surface area contributed by atoms with Crippen molar-refractivity contribution < 1.29 is 63.1 Å². The third kappa shape index (κ3) is 30.2. The molecule has 1 aliphatic rings. The zero-order valence-electron chi connectivity index (χ0n) is 38.0. The van der Waals surface area contributed by atoms with Crippen molar-refractivity contribution in [3.8, 4) is 0 Å². The molecule has 1 aliphatic carbocycles. The standard InChI is InChI=1S/C47H87O13P/c1-3-5-7-9-11-13-15-16-17-18-19-20-21-22-23-24-26-28-30-32-34-36-41(49)59-39(37-57-40(48)35-33-31-29-27-25-14-12-10-8-6-4-2)38-58-61(55,56)60-47-45(53)43(51)42(50)44(52)46(47)54/h10,12,18-19,39,42-47,50-54H,3-9,11,13-17,20-38H2,1-2H3,(H,55,56)/b12-10-,19-18-. The minimum absolute atomic E-state index is 0.0946. The van der Waals surface area contributed by atoms with Gasteiger partial charge in [0.1, 0.15) is 43.2 Å². The first-order chi connectivity index (χ1) is 29.4. The first kappa shape index (κ1) is 57.3. The molecule has 0 saturated heterocycles. The lowest BCUT2D eigenvalue weighted by Gasteiger charge is -2.41. The summed E-state index contributed by atoms with van der Waals surface area (Å²) < 4.78 is 33.5. The number of aliphatic hydroxyl groups excluding tert-OH is 5. The molecule has 1 fully saturated rings. The van der Waals surface area contributed by atoms with Crippen LogP contribution in [0.1, 0.15) is 206 Å². The number of hydrogen-bond donors (Lipinski definition) is 6. The van der Waals surface area contributed by atoms with Crippen LogP contribution in [0.15, 0.2) is 24.3 Å². The molecule has 0 aliphatic heterocycles. The molecule has 6 N–H and O–H groups in total. The van der Waals surface area contributed by atoms with E-state index in [0.717, 1.165) is 70.6 Å². The normalized spacial score (nSPS) is 22.2. The highest BCUT2D eigenvalue weighted by Crippen LogP contribution is 2.47. The summed E-state index contributed by atoms with van der Waals surface area (Å²) in [5.74, 6) is -1.11. The number of rotatable bonds is 40. The van der Waals surface area contributed by atoms with Gasteiger partial charge in [0.15, 0.2) is 6.10 Å². The second kappa shape index (κ2) is 37.7. The molecule has 358 valence electrons. The molecule has 6 unspecified atom stereocenters. The van der Waals surface area contributed by atoms with Crippen LogP contribution in [-0.2, 0) is 32.7 Å². The van der Waals surface area contributed by atoms with E-state index in [1.54, 1.807) is 0 Å². The molecular weight excluding hydrogens is 803 g/mol. The average Bonchev–Trinajstić information content (AvgIpc) is 3.24. The molecule has 0 aromatic heterocycles. The van der Waals surface area contributed by atoms with Crippen LogP contribution < -0.4 is 0 Å². The maximum atomic E-state index is 12.8. The Balaban J connectivity index is 2.39. The quantitative estimate of drug-likeness (QED) is 0.0147. The SMILES string of the molecule is CCCC/C=C\CCCCCCCC(=O)OCC(COP(=O)(O)OC1C(O)C(O)C(O)C(O)C1O)OC(=O)CCCCCCCCCCC/C=C\CCCCCCCCCC. The Kier molecular flexibility index (Phi) is 35.4. The highest BCUT2D eigenvalue weighted by molar-refractivity contribution is 7.47. The summed E-state index contributed by atoms with van der Waals surface area (Å²) in [5, 5.41) is 50.1. The van der Waals surface area contributed by atoms with Crippen molar-refractivity contribution in [3.05, 3.63) is 24.3 Å². The molecular formula is C47H87O13P. The van der Waals surface area contributed by atoms with Gasteiger partial charge in [0, 0.05) is 12.8 Å². The van der Waals surface area contributed by atoms with Crippen LogP contribution in [0.2, 0.25) is 0 Å². The van der Waals surface area contributed by atoms with Gasteiger partial charge < -0.3 is 39.9 Å². The molecule has 0 bridgehead atoms. The van der Waals surface area contributed by atoms with Gasteiger partial charge in [-0.1, -0.05) is 160 Å². The molecule has 0 amide bonds. The smallest absolute Gasteiger partial charge is 0.462 e. The van der Waals surface area contributed by atoms with Crippen molar-refractivity contribution >= 4 is 19.8 Å². The molecule has 1 rings (SSSR count). The number of esters is 2. The molecule has 1 saturated carbocycles. The number of unbranched alkanes of at least 4 members (excludes halogenated alkanes) is 24. The number of aliphatic hydroxyl groups is 5. The Morgan fingerprint density at radius 2 is 0.852 bits per heavy atom. The number of allylic oxidation sites excluding steroid dienone is 4. The summed E-state index contributed by atoms with van der Waals surface area (Å²) in [6.45, 7) is 3.26. The van der Waals surface area contributed by atoms with Gasteiger partial charge in [-0.2, -0.15) is 0 Å². The van der Waals surface area contributed by atoms with Gasteiger partial charge in [-0.25, -0.2) is 4.57 Å². The van der Waals surface area contributed by atoms with Gasteiger partial charge in [0.05, 0.1) is 6.61 Å². The van der Waals surface area contributed by atoms with Crippen molar-refractivity contribution in [1.29, 1.82) is 0 Å². The Hall–Kier alpha value is -1.67. The van der Waals surface area contributed by atoms with E-state index >= 15 is 0 Å². The third-order valence-electron chi connectivity index (χ3n) is 11.3. The Labute approximate surface area is 368 Å². The zero-order valence-corrected chi connectivity index (χ0v) is 38.9. The van der Waals surface area contributed by atoms with Crippen LogP contribution in [0.4, 0.5) is 0 Å². The fourth-order valence-electron chi connectivity index (χ4n) is 7.32. The molecule has 0 radical (unpaired) electrons. The fourth-order valence-corrected chi connectivity index (χ4v) is 8.29. The molecule has 6 atom stereocenters. The fraction of sp³-hybridized carbons (Fsp3) is 0.872. The summed E-state index contributed by atoms with van der Waals surface area (Å²) in [6, 6.07) is 0. The lowest BCUT2D eigenvalue weighted by Crippen LogP contribution is -2.64. The monoisotopic (exact) mass is 891 g/mol. The summed E-state index contributed by atoms with van der Waals surface area (Å²) in [5.41, 5.74) is 0. The van der Waals surface area contributed by atoms with Gasteiger partial charge in [-0.3, -0.25) is 18.6 Å². The van der Waals surface area contributed by atoms with Crippen molar-refractivity contribution in [3.63, 3.8) is 0 Å². The third-order valence-corrected chi connectivity index (χ3v) is 12.3. The van der Waals surface area contributed by atoms with Gasteiger partial charge >= 0.3 is 19.8 Å². The van der Waals surface area contributed by atoms with Crippen molar-refractivity contribution in [2.24, 2.45) is 0 Å². The first-order valence-electron chi connectivity index (χ1n) is 24.1. The summed E-state index contributed by atoms with van der Waals surface area (Å²) in [7, 11) is -5.12. The number of carbonyl (C=O) groups excluding carboxylic acids is 2. The summed E-state index contributed by atoms with van der Waals surface area (Å²) >= 11 is 0. The maximum absolute atomic E-state index is 12.8. The number of carbonyl (C=O) groups is 2. The number of phosphoric ester groups is 1. The predicted octanol–water partition coefficient (Wildman–Crippen LogP) is 9.62. The van der Waals surface area contributed by atoms with Crippen LogP contribution in [-0.4, -0.2) is 98.3 Å². The Morgan fingerprint density at radius 1 is 0.492 bits per heavy atom. The summed E-state index contributed by atoms with van der Waals surface area (Å²) in [4.78, 5) is 35.7. The van der Waals surface area contributed by atoms with Crippen LogP contribution in [0, 0.1) is 0 Å². The minimum Gasteiger partial charge on any atom is -0.462 e. The predicted molar refractivity (Wildman–Crippen MR) is 240 cm³/mol. The highest BCUT2D eigenvalue weighted by Gasteiger charge is 2.51. The van der Waals surface area contributed by atoms with Crippen LogP contribution in [0.3, 0.4) is 0 Å². The maximum Gasteiger partial charge on any atom is 0.472 e. The lowest BCUT2D eigenvalue weighted by molar-refractivity contribution is -0.220. The second-order valence-electron chi connectivity index (χ2n) is 17.0. The molecule has 0 aromatic carbocycles. The van der Waals surface area contributed by atoms with Crippen LogP contribution in [0.5, 0.6) is 0 Å². The van der Waals surface area contributed by atoms with E-state index in [-0.39, 0.29) is 12.8 Å². The average molecular weight is 891 g/mol. The van der Waals surface area contributed by atoms with Gasteiger partial charge in [0.2, 0.25) is 0 Å². The number of ether oxygens (including phenoxy) is 2.